The topological polar surface area (TPSA) is 130 Å². The molecule has 0 saturated heterocycles. The van der Waals surface area contributed by atoms with Gasteiger partial charge in [0.1, 0.15) is 0 Å². The molecule has 152 valence electrons. The van der Waals surface area contributed by atoms with Gasteiger partial charge in [0.25, 0.3) is 0 Å². The fourth-order valence-electron chi connectivity index (χ4n) is 1.95. The van der Waals surface area contributed by atoms with Crippen molar-refractivity contribution in [2.45, 2.75) is 46.6 Å². The lowest BCUT2D eigenvalue weighted by molar-refractivity contribution is -0.120. The first kappa shape index (κ1) is 23.3. The van der Waals surface area contributed by atoms with Crippen molar-refractivity contribution >= 4 is 39.7 Å². The van der Waals surface area contributed by atoms with Gasteiger partial charge >= 0.3 is 0 Å². The molecule has 1 aromatic carbocycles. The molecule has 0 radical (unpaired) electrons. The summed E-state index contributed by atoms with van der Waals surface area (Å²) in [7, 11) is 0. The fourth-order valence-corrected chi connectivity index (χ4v) is 2.51. The third kappa shape index (κ3) is 9.79. The maximum absolute atomic E-state index is 12.0. The first-order valence-electron chi connectivity index (χ1n) is 8.72. The molecule has 1 heterocycles. The van der Waals surface area contributed by atoms with Gasteiger partial charge < -0.3 is 16.2 Å². The molecule has 2 aromatic rings. The van der Waals surface area contributed by atoms with E-state index in [1.807, 2.05) is 31.2 Å². The van der Waals surface area contributed by atoms with Gasteiger partial charge in [-0.2, -0.15) is 5.10 Å². The van der Waals surface area contributed by atoms with E-state index in [-0.39, 0.29) is 30.8 Å². The number of aromatic nitrogens is 1. The molecule has 1 aromatic heterocycles. The Kier molecular flexibility index (Phi) is 9.83. The van der Waals surface area contributed by atoms with Gasteiger partial charge in [-0.05, 0) is 39.3 Å². The summed E-state index contributed by atoms with van der Waals surface area (Å²) >= 11 is 1.28. The lowest BCUT2D eigenvalue weighted by Crippen LogP contribution is -2.23. The second kappa shape index (κ2) is 11.8. The van der Waals surface area contributed by atoms with E-state index in [4.69, 9.17) is 10.8 Å². The van der Waals surface area contributed by atoms with Crippen LogP contribution in [0.15, 0.2) is 34.7 Å². The maximum Gasteiger partial charge on any atom is 0.246 e. The Balaban J connectivity index is 0.000000892. The second-order valence-corrected chi connectivity index (χ2v) is 7.26. The third-order valence-electron chi connectivity index (χ3n) is 3.12. The number of nitrogens with zero attached hydrogens (tertiary/aromatic N) is 2. The van der Waals surface area contributed by atoms with Crippen molar-refractivity contribution in [3.63, 3.8) is 0 Å². The highest BCUT2D eigenvalue weighted by Crippen LogP contribution is 2.13. The van der Waals surface area contributed by atoms with Gasteiger partial charge in [-0.25, -0.2) is 10.4 Å². The number of aliphatic hydroxyl groups excluding tert-OH is 1. The Labute approximate surface area is 168 Å². The number of thiazole rings is 1. The van der Waals surface area contributed by atoms with Crippen LogP contribution in [-0.4, -0.2) is 33.7 Å². The summed E-state index contributed by atoms with van der Waals surface area (Å²) < 4.78 is 0. The summed E-state index contributed by atoms with van der Waals surface area (Å²) in [4.78, 5) is 27.7. The number of nitrogen functional groups attached to an aromatic ring is 1. The molecule has 0 spiro atoms. The molecule has 0 aliphatic rings. The number of anilines is 2. The number of aliphatic hydroxyl groups is 1. The molecule has 0 atom stereocenters. The van der Waals surface area contributed by atoms with Crippen molar-refractivity contribution < 1.29 is 14.7 Å². The molecule has 0 bridgehead atoms. The normalized spacial score (nSPS) is 10.9. The number of amides is 2. The van der Waals surface area contributed by atoms with Crippen LogP contribution in [0.25, 0.3) is 0 Å². The molecule has 9 heteroatoms. The summed E-state index contributed by atoms with van der Waals surface area (Å²) in [6.45, 7) is 7.04. The van der Waals surface area contributed by atoms with Gasteiger partial charge in [0.15, 0.2) is 5.13 Å². The molecule has 0 saturated carbocycles. The summed E-state index contributed by atoms with van der Waals surface area (Å²) in [6, 6.07) is 7.52. The predicted molar refractivity (Wildman–Crippen MR) is 113 cm³/mol. The largest absolute Gasteiger partial charge is 0.394 e. The van der Waals surface area contributed by atoms with Crippen LogP contribution in [-0.2, 0) is 16.0 Å². The molecule has 0 aliphatic heterocycles. The number of para-hydroxylation sites is 1. The summed E-state index contributed by atoms with van der Waals surface area (Å²) in [6.07, 6.45) is 0.0259. The molecule has 2 rings (SSSR count). The zero-order valence-electron chi connectivity index (χ0n) is 16.5. The highest BCUT2D eigenvalue weighted by atomic mass is 32.1. The Morgan fingerprint density at radius 2 is 1.93 bits per heavy atom. The van der Waals surface area contributed by atoms with Gasteiger partial charge in [0, 0.05) is 22.9 Å². The monoisotopic (exact) mass is 405 g/mol. The summed E-state index contributed by atoms with van der Waals surface area (Å²) in [5.41, 5.74) is 10.8. The van der Waals surface area contributed by atoms with Crippen molar-refractivity contribution in [2.24, 2.45) is 5.10 Å². The highest BCUT2D eigenvalue weighted by Gasteiger charge is 2.08. The SMILES string of the molecule is C/C(CC(=O)Nc1ccccc1C)=N\NC(=O)Cc1csc(N)n1.CC(C)O. The lowest BCUT2D eigenvalue weighted by atomic mass is 10.2. The van der Waals surface area contributed by atoms with Gasteiger partial charge in [-0.3, -0.25) is 9.59 Å². The Hall–Kier alpha value is -2.78. The van der Waals surface area contributed by atoms with E-state index in [1.165, 1.54) is 11.3 Å². The number of rotatable bonds is 6. The average Bonchev–Trinajstić information content (AvgIpc) is 2.99. The minimum atomic E-state index is -0.307. The van der Waals surface area contributed by atoms with Crippen molar-refractivity contribution in [3.05, 3.63) is 40.9 Å². The lowest BCUT2D eigenvalue weighted by Gasteiger charge is -2.08. The molecule has 28 heavy (non-hydrogen) atoms. The first-order chi connectivity index (χ1) is 13.2. The molecule has 0 aliphatic carbocycles. The van der Waals surface area contributed by atoms with Gasteiger partial charge in [0.05, 0.1) is 18.5 Å². The quantitative estimate of drug-likeness (QED) is 0.433. The number of carbonyl (C=O) groups is 2. The van der Waals surface area contributed by atoms with E-state index in [0.29, 0.717) is 16.5 Å². The molecule has 8 nitrogen and oxygen atoms in total. The number of nitrogens with two attached hydrogens (primary N) is 1. The first-order valence-corrected chi connectivity index (χ1v) is 9.60. The predicted octanol–water partition coefficient (Wildman–Crippen LogP) is 2.48. The zero-order chi connectivity index (χ0) is 21.1. The van der Waals surface area contributed by atoms with E-state index in [0.717, 1.165) is 11.3 Å². The van der Waals surface area contributed by atoms with Gasteiger partial charge in [0.2, 0.25) is 11.8 Å². The summed E-state index contributed by atoms with van der Waals surface area (Å²) in [5, 5.41) is 16.9. The molecule has 0 fully saturated rings. The van der Waals surface area contributed by atoms with Gasteiger partial charge in [-0.1, -0.05) is 18.2 Å². The minimum Gasteiger partial charge on any atom is -0.394 e. The van der Waals surface area contributed by atoms with Crippen molar-refractivity contribution in [1.29, 1.82) is 0 Å². The Morgan fingerprint density at radius 1 is 1.29 bits per heavy atom. The number of aryl methyl sites for hydroxylation is 1. The number of hydrogen-bond acceptors (Lipinski definition) is 7. The number of benzene rings is 1. The highest BCUT2D eigenvalue weighted by molar-refractivity contribution is 7.13. The summed E-state index contributed by atoms with van der Waals surface area (Å²) in [5.74, 6) is -0.494. The molecule has 0 unspecified atom stereocenters. The van der Waals surface area contributed by atoms with Gasteiger partial charge in [-0.15, -0.1) is 11.3 Å². The number of hydrazone groups is 1. The van der Waals surface area contributed by atoms with Crippen molar-refractivity contribution in [2.75, 3.05) is 11.1 Å². The number of hydrogen-bond donors (Lipinski definition) is 4. The molecular weight excluding hydrogens is 378 g/mol. The van der Waals surface area contributed by atoms with Crippen molar-refractivity contribution in [1.82, 2.24) is 10.4 Å². The van der Waals surface area contributed by atoms with E-state index in [9.17, 15) is 9.59 Å². The van der Waals surface area contributed by atoms with Crippen LogP contribution in [0, 0.1) is 6.92 Å². The van der Waals surface area contributed by atoms with E-state index in [1.54, 1.807) is 26.2 Å². The third-order valence-corrected chi connectivity index (χ3v) is 3.84. The van der Waals surface area contributed by atoms with Crippen LogP contribution in [0.4, 0.5) is 10.8 Å². The van der Waals surface area contributed by atoms with Crippen LogP contribution in [0.3, 0.4) is 0 Å². The Bertz CT molecular complexity index is 815. The smallest absolute Gasteiger partial charge is 0.246 e. The minimum absolute atomic E-state index is 0.0955. The van der Waals surface area contributed by atoms with Crippen molar-refractivity contribution in [3.8, 4) is 0 Å². The van der Waals surface area contributed by atoms with Crippen LogP contribution in [0.5, 0.6) is 0 Å². The Morgan fingerprint density at radius 3 is 2.50 bits per heavy atom. The number of nitrogens with one attached hydrogen (secondary N) is 2. The fraction of sp³-hybridized carbons (Fsp3) is 0.368. The van der Waals surface area contributed by atoms with Crippen LogP contribution in [0.2, 0.25) is 0 Å². The molecular formula is C19H27N5O3S. The molecule has 2 amide bonds. The van der Waals surface area contributed by atoms with E-state index < -0.39 is 0 Å². The van der Waals surface area contributed by atoms with Crippen LogP contribution < -0.4 is 16.5 Å². The standard InChI is InChI=1S/C16H19N5O2S.C3H8O/c1-10-5-3-4-6-13(10)19-14(22)7-11(2)20-21-15(23)8-12-9-24-16(17)18-12;1-3(2)4/h3-6,9H,7-8H2,1-2H3,(H2,17,18)(H,19,22)(H,21,23);3-4H,1-2H3/b20-11+;. The molecule has 5 N–H and O–H groups in total. The van der Waals surface area contributed by atoms with Crippen LogP contribution >= 0.6 is 11.3 Å². The second-order valence-electron chi connectivity index (χ2n) is 6.37. The average molecular weight is 406 g/mol. The number of carbonyl (C=O) groups excluding carboxylic acids is 2. The van der Waals surface area contributed by atoms with E-state index >= 15 is 0 Å². The van der Waals surface area contributed by atoms with Crippen LogP contribution in [0.1, 0.15) is 38.4 Å². The van der Waals surface area contributed by atoms with E-state index in [2.05, 4.69) is 20.8 Å². The zero-order valence-corrected chi connectivity index (χ0v) is 17.3. The maximum atomic E-state index is 12.0.